The number of fused-ring (bicyclic) bond motifs is 1. The lowest BCUT2D eigenvalue weighted by Gasteiger charge is -2.29. The molecular weight excluding hydrogens is 434 g/mol. The van der Waals surface area contributed by atoms with Crippen LogP contribution in [0.2, 0.25) is 0 Å². The van der Waals surface area contributed by atoms with Crippen LogP contribution in [0.3, 0.4) is 0 Å². The topological polar surface area (TPSA) is 88.5 Å². The Morgan fingerprint density at radius 1 is 1.10 bits per heavy atom. The Bertz CT molecular complexity index is 1240. The van der Waals surface area contributed by atoms with Gasteiger partial charge < -0.3 is 5.32 Å². The van der Waals surface area contributed by atoms with E-state index in [0.29, 0.717) is 24.7 Å². The molecule has 0 atom stereocenters. The Morgan fingerprint density at radius 3 is 2.48 bits per heavy atom. The smallest absolute Gasteiger partial charge is 0.308 e. The third-order valence-corrected chi connectivity index (χ3v) is 8.53. The normalized spacial score (nSPS) is 15.9. The molecule has 0 spiro atoms. The van der Waals surface area contributed by atoms with Crippen molar-refractivity contribution in [3.8, 4) is 0 Å². The van der Waals surface area contributed by atoms with Crippen molar-refractivity contribution >= 4 is 43.2 Å². The van der Waals surface area contributed by atoms with Gasteiger partial charge in [-0.3, -0.25) is 14.2 Å². The lowest BCUT2D eigenvalue weighted by Crippen LogP contribution is -2.37. The minimum atomic E-state index is -3.51. The number of nitrogens with one attached hydrogen (secondary N) is 1. The number of anilines is 1. The molecule has 4 rings (SSSR count). The molecular formula is C22H25N3O4S2. The minimum absolute atomic E-state index is 0.0873. The Labute approximate surface area is 185 Å². The predicted octanol–water partition coefficient (Wildman–Crippen LogP) is 3.51. The first-order valence-corrected chi connectivity index (χ1v) is 12.6. The minimum Gasteiger partial charge on any atom is -0.326 e. The zero-order chi connectivity index (χ0) is 22.0. The SMILES string of the molecule is CC1CCN(S(=O)(=O)c2ccc(NC(=O)CCn3c(=O)sc4ccccc43)cc2)CC1. The molecule has 1 amide bonds. The quantitative estimate of drug-likeness (QED) is 0.611. The van der Waals surface area contributed by atoms with E-state index in [4.69, 9.17) is 0 Å². The molecule has 1 N–H and O–H groups in total. The third kappa shape index (κ3) is 4.73. The van der Waals surface area contributed by atoms with Gasteiger partial charge in [-0.1, -0.05) is 30.4 Å². The monoisotopic (exact) mass is 459 g/mol. The molecule has 7 nitrogen and oxygen atoms in total. The molecule has 0 saturated carbocycles. The number of hydrogen-bond donors (Lipinski definition) is 1. The number of thiazole rings is 1. The Hall–Kier alpha value is -2.49. The molecule has 0 unspecified atom stereocenters. The van der Waals surface area contributed by atoms with Gasteiger partial charge in [0.25, 0.3) is 0 Å². The van der Waals surface area contributed by atoms with Gasteiger partial charge >= 0.3 is 4.87 Å². The van der Waals surface area contributed by atoms with Crippen molar-refractivity contribution in [2.24, 2.45) is 5.92 Å². The van der Waals surface area contributed by atoms with Crippen molar-refractivity contribution in [3.05, 3.63) is 58.2 Å². The summed E-state index contributed by atoms with van der Waals surface area (Å²) in [6, 6.07) is 13.8. The van der Waals surface area contributed by atoms with E-state index in [1.54, 1.807) is 16.7 Å². The number of aromatic nitrogens is 1. The molecule has 164 valence electrons. The van der Waals surface area contributed by atoms with Crippen LogP contribution in [0, 0.1) is 5.92 Å². The highest BCUT2D eigenvalue weighted by Crippen LogP contribution is 2.24. The molecule has 31 heavy (non-hydrogen) atoms. The first-order chi connectivity index (χ1) is 14.8. The van der Waals surface area contributed by atoms with Crippen LogP contribution in [-0.4, -0.2) is 36.3 Å². The lowest BCUT2D eigenvalue weighted by molar-refractivity contribution is -0.116. The van der Waals surface area contributed by atoms with Gasteiger partial charge in [0.2, 0.25) is 15.9 Å². The zero-order valence-corrected chi connectivity index (χ0v) is 18.9. The van der Waals surface area contributed by atoms with Crippen molar-refractivity contribution in [3.63, 3.8) is 0 Å². The van der Waals surface area contributed by atoms with Gasteiger partial charge in [-0.15, -0.1) is 0 Å². The third-order valence-electron chi connectivity index (χ3n) is 5.65. The number of para-hydroxylation sites is 1. The average Bonchev–Trinajstić information content (AvgIpc) is 3.08. The molecule has 0 aliphatic carbocycles. The van der Waals surface area contributed by atoms with E-state index >= 15 is 0 Å². The standard InChI is InChI=1S/C22H25N3O4S2/c1-16-10-13-24(14-11-16)31(28,29)18-8-6-17(7-9-18)23-21(26)12-15-25-19-4-2-3-5-20(19)30-22(25)27/h2-9,16H,10-15H2,1H3,(H,23,26). The molecule has 2 heterocycles. The van der Waals surface area contributed by atoms with Crippen molar-refractivity contribution in [2.45, 2.75) is 37.6 Å². The molecule has 1 aliphatic rings. The second kappa shape index (κ2) is 8.94. The summed E-state index contributed by atoms with van der Waals surface area (Å²) in [6.45, 7) is 3.50. The number of piperidine rings is 1. The fourth-order valence-corrected chi connectivity index (χ4v) is 6.13. The maximum absolute atomic E-state index is 12.8. The molecule has 1 aromatic heterocycles. The summed E-state index contributed by atoms with van der Waals surface area (Å²) in [7, 11) is -3.51. The summed E-state index contributed by atoms with van der Waals surface area (Å²) >= 11 is 1.16. The zero-order valence-electron chi connectivity index (χ0n) is 17.3. The molecule has 1 saturated heterocycles. The number of amides is 1. The van der Waals surface area contributed by atoms with Crippen molar-refractivity contribution < 1.29 is 13.2 Å². The summed E-state index contributed by atoms with van der Waals surface area (Å²) in [5, 5.41) is 2.78. The Morgan fingerprint density at radius 2 is 1.77 bits per heavy atom. The summed E-state index contributed by atoms with van der Waals surface area (Å²) in [5.74, 6) is 0.315. The second-order valence-corrected chi connectivity index (χ2v) is 10.8. The highest BCUT2D eigenvalue weighted by atomic mass is 32.2. The number of carbonyl (C=O) groups excluding carboxylic acids is 1. The van der Waals surface area contributed by atoms with Crippen LogP contribution >= 0.6 is 11.3 Å². The van der Waals surface area contributed by atoms with E-state index in [9.17, 15) is 18.0 Å². The number of sulfonamides is 1. The van der Waals surface area contributed by atoms with Crippen LogP contribution in [0.15, 0.2) is 58.2 Å². The van der Waals surface area contributed by atoms with Crippen LogP contribution in [0.1, 0.15) is 26.2 Å². The summed E-state index contributed by atoms with van der Waals surface area (Å²) in [5.41, 5.74) is 1.35. The number of carbonyl (C=O) groups is 1. The van der Waals surface area contributed by atoms with Gasteiger partial charge in [-0.05, 0) is 55.2 Å². The number of nitrogens with zero attached hydrogens (tertiary/aromatic N) is 2. The molecule has 0 bridgehead atoms. The maximum atomic E-state index is 12.8. The van der Waals surface area contributed by atoms with Crippen LogP contribution in [0.25, 0.3) is 10.2 Å². The van der Waals surface area contributed by atoms with Crippen LogP contribution < -0.4 is 10.2 Å². The molecule has 1 fully saturated rings. The molecule has 3 aromatic rings. The number of benzene rings is 2. The predicted molar refractivity (Wildman–Crippen MR) is 123 cm³/mol. The first-order valence-electron chi connectivity index (χ1n) is 10.3. The second-order valence-electron chi connectivity index (χ2n) is 7.90. The van der Waals surface area contributed by atoms with Gasteiger partial charge in [0.15, 0.2) is 0 Å². The lowest BCUT2D eigenvalue weighted by atomic mass is 10.0. The summed E-state index contributed by atoms with van der Waals surface area (Å²) < 4.78 is 29.6. The molecule has 1 aliphatic heterocycles. The van der Waals surface area contributed by atoms with E-state index in [0.717, 1.165) is 34.4 Å². The Balaban J connectivity index is 1.38. The van der Waals surface area contributed by atoms with Gasteiger partial charge in [-0.25, -0.2) is 8.42 Å². The summed E-state index contributed by atoms with van der Waals surface area (Å²) in [6.07, 6.45) is 1.89. The molecule has 0 radical (unpaired) electrons. The number of hydrogen-bond acceptors (Lipinski definition) is 5. The number of rotatable bonds is 6. The van der Waals surface area contributed by atoms with E-state index in [1.807, 2.05) is 24.3 Å². The van der Waals surface area contributed by atoms with Crippen molar-refractivity contribution in [2.75, 3.05) is 18.4 Å². The molecule has 2 aromatic carbocycles. The van der Waals surface area contributed by atoms with Gasteiger partial charge in [-0.2, -0.15) is 4.31 Å². The van der Waals surface area contributed by atoms with E-state index in [2.05, 4.69) is 12.2 Å². The van der Waals surface area contributed by atoms with Gasteiger partial charge in [0.1, 0.15) is 0 Å². The largest absolute Gasteiger partial charge is 0.326 e. The van der Waals surface area contributed by atoms with Gasteiger partial charge in [0, 0.05) is 31.7 Å². The van der Waals surface area contributed by atoms with E-state index in [-0.39, 0.29) is 28.6 Å². The molecule has 9 heteroatoms. The average molecular weight is 460 g/mol. The van der Waals surface area contributed by atoms with Gasteiger partial charge in [0.05, 0.1) is 15.1 Å². The first kappa shape index (κ1) is 21.7. The van der Waals surface area contributed by atoms with Crippen molar-refractivity contribution in [1.82, 2.24) is 8.87 Å². The fraction of sp³-hybridized carbons (Fsp3) is 0.364. The highest BCUT2D eigenvalue weighted by Gasteiger charge is 2.27. The summed E-state index contributed by atoms with van der Waals surface area (Å²) in [4.78, 5) is 24.7. The van der Waals surface area contributed by atoms with E-state index < -0.39 is 10.0 Å². The number of aryl methyl sites for hydroxylation is 1. The van der Waals surface area contributed by atoms with Crippen LogP contribution in [0.5, 0.6) is 0 Å². The maximum Gasteiger partial charge on any atom is 0.308 e. The van der Waals surface area contributed by atoms with Crippen LogP contribution in [-0.2, 0) is 21.4 Å². The van der Waals surface area contributed by atoms with Crippen molar-refractivity contribution in [1.29, 1.82) is 0 Å². The van der Waals surface area contributed by atoms with E-state index in [1.165, 1.54) is 16.4 Å². The van der Waals surface area contributed by atoms with Crippen LogP contribution in [0.4, 0.5) is 5.69 Å². The fourth-order valence-electron chi connectivity index (χ4n) is 3.75. The Kier molecular flexibility index (Phi) is 6.27. The highest BCUT2D eigenvalue weighted by molar-refractivity contribution is 7.89.